The summed E-state index contributed by atoms with van der Waals surface area (Å²) in [5.41, 5.74) is 3.36. The summed E-state index contributed by atoms with van der Waals surface area (Å²) in [4.78, 5) is 14.7. The number of anilines is 1. The summed E-state index contributed by atoms with van der Waals surface area (Å²) in [6.45, 7) is 2.66. The molecular formula is C20H24N2O3S. The molecular weight excluding hydrogens is 348 g/mol. The van der Waals surface area contributed by atoms with Crippen LogP contribution in [0.5, 0.6) is 0 Å². The standard InChI is InChI=1S/C20H24N2O3S/c1-26(24,25)15-17-5-4-6-18(13-17)20(23)21-14-16-7-9-19(10-8-16)22-11-2-3-12-22/h4-10,13H,2-3,11-12,14-15H2,1H3,(H,21,23). The van der Waals surface area contributed by atoms with Gasteiger partial charge in [-0.25, -0.2) is 8.42 Å². The van der Waals surface area contributed by atoms with E-state index in [1.807, 2.05) is 12.1 Å². The maximum absolute atomic E-state index is 12.3. The number of benzene rings is 2. The second-order valence-corrected chi connectivity index (χ2v) is 8.95. The Morgan fingerprint density at radius 3 is 2.38 bits per heavy atom. The molecule has 0 atom stereocenters. The van der Waals surface area contributed by atoms with Gasteiger partial charge in [0.25, 0.3) is 5.91 Å². The molecule has 0 radical (unpaired) electrons. The van der Waals surface area contributed by atoms with Crippen molar-refractivity contribution in [2.75, 3.05) is 24.2 Å². The van der Waals surface area contributed by atoms with Crippen LogP contribution in [0.4, 0.5) is 5.69 Å². The fourth-order valence-corrected chi connectivity index (χ4v) is 3.97. The first-order valence-electron chi connectivity index (χ1n) is 8.79. The average Bonchev–Trinajstić information content (AvgIpc) is 3.13. The Morgan fingerprint density at radius 1 is 1.04 bits per heavy atom. The molecule has 2 aromatic rings. The number of hydrogen-bond acceptors (Lipinski definition) is 4. The van der Waals surface area contributed by atoms with Crippen LogP contribution in [-0.2, 0) is 22.1 Å². The minimum atomic E-state index is -3.12. The lowest BCUT2D eigenvalue weighted by Gasteiger charge is -2.17. The van der Waals surface area contributed by atoms with Crippen LogP contribution in [0.15, 0.2) is 48.5 Å². The van der Waals surface area contributed by atoms with Crippen molar-refractivity contribution in [2.45, 2.75) is 25.1 Å². The van der Waals surface area contributed by atoms with Crippen LogP contribution in [0.25, 0.3) is 0 Å². The number of sulfone groups is 1. The Bertz CT molecular complexity index is 870. The highest BCUT2D eigenvalue weighted by molar-refractivity contribution is 7.89. The molecule has 0 aromatic heterocycles. The molecule has 0 saturated carbocycles. The van der Waals surface area contributed by atoms with Crippen molar-refractivity contribution >= 4 is 21.4 Å². The molecule has 26 heavy (non-hydrogen) atoms. The van der Waals surface area contributed by atoms with Crippen LogP contribution in [0.3, 0.4) is 0 Å². The number of nitrogens with one attached hydrogen (secondary N) is 1. The lowest BCUT2D eigenvalue weighted by molar-refractivity contribution is 0.0951. The predicted octanol–water partition coefficient (Wildman–Crippen LogP) is 2.76. The summed E-state index contributed by atoms with van der Waals surface area (Å²) in [5, 5.41) is 2.89. The van der Waals surface area contributed by atoms with Crippen LogP contribution in [-0.4, -0.2) is 33.7 Å². The summed E-state index contributed by atoms with van der Waals surface area (Å²) in [6.07, 6.45) is 3.68. The highest BCUT2D eigenvalue weighted by Gasteiger charge is 2.12. The van der Waals surface area contributed by atoms with Gasteiger partial charge in [-0.05, 0) is 48.2 Å². The third-order valence-electron chi connectivity index (χ3n) is 4.48. The number of rotatable bonds is 6. The molecule has 1 saturated heterocycles. The van der Waals surface area contributed by atoms with E-state index in [0.717, 1.165) is 18.7 Å². The van der Waals surface area contributed by atoms with E-state index in [9.17, 15) is 13.2 Å². The van der Waals surface area contributed by atoms with E-state index < -0.39 is 9.84 Å². The minimum Gasteiger partial charge on any atom is -0.372 e. The molecule has 1 fully saturated rings. The maximum Gasteiger partial charge on any atom is 0.251 e. The summed E-state index contributed by atoms with van der Waals surface area (Å²) < 4.78 is 22.8. The average molecular weight is 372 g/mol. The van der Waals surface area contributed by atoms with Crippen molar-refractivity contribution in [1.29, 1.82) is 0 Å². The van der Waals surface area contributed by atoms with E-state index in [-0.39, 0.29) is 11.7 Å². The minimum absolute atomic E-state index is 0.0634. The molecule has 5 nitrogen and oxygen atoms in total. The summed E-state index contributed by atoms with van der Waals surface area (Å²) in [7, 11) is -3.12. The van der Waals surface area contributed by atoms with Crippen LogP contribution in [0.2, 0.25) is 0 Å². The van der Waals surface area contributed by atoms with Crippen LogP contribution in [0.1, 0.15) is 34.3 Å². The van der Waals surface area contributed by atoms with Crippen LogP contribution >= 0.6 is 0 Å². The van der Waals surface area contributed by atoms with E-state index in [1.54, 1.807) is 24.3 Å². The van der Waals surface area contributed by atoms with Gasteiger partial charge in [-0.1, -0.05) is 24.3 Å². The van der Waals surface area contributed by atoms with Gasteiger partial charge < -0.3 is 10.2 Å². The predicted molar refractivity (Wildman–Crippen MR) is 104 cm³/mol. The largest absolute Gasteiger partial charge is 0.372 e. The Hall–Kier alpha value is -2.34. The van der Waals surface area contributed by atoms with E-state index in [4.69, 9.17) is 0 Å². The first-order valence-corrected chi connectivity index (χ1v) is 10.9. The maximum atomic E-state index is 12.3. The van der Waals surface area contributed by atoms with Crippen molar-refractivity contribution in [3.8, 4) is 0 Å². The molecule has 0 aliphatic carbocycles. The van der Waals surface area contributed by atoms with Gasteiger partial charge in [-0.3, -0.25) is 4.79 Å². The third kappa shape index (κ3) is 5.08. The SMILES string of the molecule is CS(=O)(=O)Cc1cccc(C(=O)NCc2ccc(N3CCCC3)cc2)c1. The van der Waals surface area contributed by atoms with Gasteiger partial charge in [0.2, 0.25) is 0 Å². The fraction of sp³-hybridized carbons (Fsp3) is 0.350. The van der Waals surface area contributed by atoms with Gasteiger partial charge in [0, 0.05) is 37.1 Å². The molecule has 1 N–H and O–H groups in total. The van der Waals surface area contributed by atoms with E-state index in [0.29, 0.717) is 17.7 Å². The smallest absolute Gasteiger partial charge is 0.251 e. The zero-order chi connectivity index (χ0) is 18.6. The monoisotopic (exact) mass is 372 g/mol. The van der Waals surface area contributed by atoms with Crippen molar-refractivity contribution in [1.82, 2.24) is 5.32 Å². The third-order valence-corrected chi connectivity index (χ3v) is 5.34. The number of amides is 1. The second kappa shape index (κ2) is 7.91. The first kappa shape index (κ1) is 18.5. The van der Waals surface area contributed by atoms with Crippen molar-refractivity contribution in [3.05, 3.63) is 65.2 Å². The number of carbonyl (C=O) groups is 1. The van der Waals surface area contributed by atoms with Gasteiger partial charge in [-0.15, -0.1) is 0 Å². The van der Waals surface area contributed by atoms with Crippen LogP contribution in [0, 0.1) is 0 Å². The molecule has 6 heteroatoms. The molecule has 1 aliphatic rings. The van der Waals surface area contributed by atoms with E-state index in [2.05, 4.69) is 22.3 Å². The molecule has 0 unspecified atom stereocenters. The summed E-state index contributed by atoms with van der Waals surface area (Å²) in [5.74, 6) is -0.268. The molecule has 2 aromatic carbocycles. The molecule has 0 bridgehead atoms. The normalized spacial score (nSPS) is 14.4. The number of nitrogens with zero attached hydrogens (tertiary/aromatic N) is 1. The molecule has 1 amide bonds. The Morgan fingerprint density at radius 2 is 1.73 bits per heavy atom. The van der Waals surface area contributed by atoms with Crippen LogP contribution < -0.4 is 10.2 Å². The van der Waals surface area contributed by atoms with Crippen molar-refractivity contribution < 1.29 is 13.2 Å². The highest BCUT2D eigenvalue weighted by Crippen LogP contribution is 2.20. The molecule has 3 rings (SSSR count). The molecule has 1 aliphatic heterocycles. The summed E-state index contributed by atoms with van der Waals surface area (Å²) in [6, 6.07) is 15.0. The summed E-state index contributed by atoms with van der Waals surface area (Å²) >= 11 is 0. The number of carbonyl (C=O) groups excluding carboxylic acids is 1. The van der Waals surface area contributed by atoms with Crippen molar-refractivity contribution in [2.24, 2.45) is 0 Å². The highest BCUT2D eigenvalue weighted by atomic mass is 32.2. The molecule has 0 spiro atoms. The lowest BCUT2D eigenvalue weighted by Crippen LogP contribution is -2.23. The van der Waals surface area contributed by atoms with Gasteiger partial charge in [-0.2, -0.15) is 0 Å². The molecule has 138 valence electrons. The van der Waals surface area contributed by atoms with Gasteiger partial charge in [0.15, 0.2) is 9.84 Å². The Labute approximate surface area is 154 Å². The van der Waals surface area contributed by atoms with Crippen molar-refractivity contribution in [3.63, 3.8) is 0 Å². The first-order chi connectivity index (χ1) is 12.4. The zero-order valence-electron chi connectivity index (χ0n) is 14.9. The number of hydrogen-bond donors (Lipinski definition) is 1. The zero-order valence-corrected chi connectivity index (χ0v) is 15.8. The Balaban J connectivity index is 1.59. The van der Waals surface area contributed by atoms with Gasteiger partial charge >= 0.3 is 0 Å². The van der Waals surface area contributed by atoms with Gasteiger partial charge in [0.05, 0.1) is 5.75 Å². The quantitative estimate of drug-likeness (QED) is 0.847. The van der Waals surface area contributed by atoms with E-state index in [1.165, 1.54) is 24.8 Å². The molecule has 1 heterocycles. The lowest BCUT2D eigenvalue weighted by atomic mass is 10.1. The Kier molecular flexibility index (Phi) is 5.61. The second-order valence-electron chi connectivity index (χ2n) is 6.81. The van der Waals surface area contributed by atoms with Gasteiger partial charge in [0.1, 0.15) is 0 Å². The topological polar surface area (TPSA) is 66.5 Å². The van der Waals surface area contributed by atoms with E-state index >= 15 is 0 Å². The fourth-order valence-electron chi connectivity index (χ4n) is 3.19.